The minimum Gasteiger partial charge on any atom is -0.394 e. The number of hydrogen-bond acceptors (Lipinski definition) is 6. The Morgan fingerprint density at radius 1 is 1.38 bits per heavy atom. The summed E-state index contributed by atoms with van der Waals surface area (Å²) in [5, 5.41) is 36.7. The van der Waals surface area contributed by atoms with E-state index >= 15 is 0 Å². The zero-order valence-corrected chi connectivity index (χ0v) is 9.32. The number of hydrogen-bond donors (Lipinski definition) is 4. The van der Waals surface area contributed by atoms with Gasteiger partial charge < -0.3 is 29.9 Å². The minimum atomic E-state index is -1.02. The maximum Gasteiger partial charge on any atom is 0.163 e. The molecule has 1 rings (SSSR count). The molecule has 1 saturated heterocycles. The minimum absolute atomic E-state index is 0.233. The summed E-state index contributed by atoms with van der Waals surface area (Å²) >= 11 is 0. The molecule has 0 aromatic carbocycles. The Hall–Kier alpha value is -0.240. The van der Waals surface area contributed by atoms with Crippen molar-refractivity contribution in [2.24, 2.45) is 0 Å². The first kappa shape index (κ1) is 13.8. The lowest BCUT2D eigenvalue weighted by Crippen LogP contribution is -2.25. The fourth-order valence-electron chi connectivity index (χ4n) is 1.57. The van der Waals surface area contributed by atoms with E-state index in [-0.39, 0.29) is 13.0 Å². The molecular weight excluding hydrogens is 216 g/mol. The average Bonchev–Trinajstić information content (AvgIpc) is 2.55. The van der Waals surface area contributed by atoms with Crippen molar-refractivity contribution in [2.75, 3.05) is 6.61 Å². The van der Waals surface area contributed by atoms with E-state index in [1.807, 2.05) is 0 Å². The molecule has 0 unspecified atom stereocenters. The van der Waals surface area contributed by atoms with Crippen LogP contribution in [0.4, 0.5) is 0 Å². The molecule has 1 aliphatic heterocycles. The van der Waals surface area contributed by atoms with Crippen LogP contribution in [0, 0.1) is 0 Å². The van der Waals surface area contributed by atoms with E-state index in [1.54, 1.807) is 6.92 Å². The van der Waals surface area contributed by atoms with E-state index in [1.165, 1.54) is 0 Å². The van der Waals surface area contributed by atoms with Gasteiger partial charge in [-0.2, -0.15) is 0 Å². The molecule has 6 nitrogen and oxygen atoms in total. The van der Waals surface area contributed by atoms with Gasteiger partial charge in [-0.3, -0.25) is 0 Å². The number of rotatable bonds is 6. The van der Waals surface area contributed by atoms with Crippen molar-refractivity contribution >= 4 is 0 Å². The molecule has 0 bridgehead atoms. The van der Waals surface area contributed by atoms with Crippen molar-refractivity contribution in [2.45, 2.75) is 57.1 Å². The molecule has 5 atom stereocenters. The Morgan fingerprint density at radius 3 is 2.56 bits per heavy atom. The summed E-state index contributed by atoms with van der Waals surface area (Å²) in [5.41, 5.74) is 0. The van der Waals surface area contributed by atoms with Crippen LogP contribution in [0.25, 0.3) is 0 Å². The van der Waals surface area contributed by atoms with Crippen molar-refractivity contribution in [3.63, 3.8) is 0 Å². The second kappa shape index (κ2) is 6.48. The SMILES string of the molecule is C[C@@H](O)CC[C@@H](O)O[C@H]1C[C@@H](O)[C@@H](CO)O1. The highest BCUT2D eigenvalue weighted by Crippen LogP contribution is 2.22. The summed E-state index contributed by atoms with van der Waals surface area (Å²) in [7, 11) is 0. The van der Waals surface area contributed by atoms with Crippen molar-refractivity contribution in [1.29, 1.82) is 0 Å². The zero-order valence-electron chi connectivity index (χ0n) is 9.32. The molecule has 0 radical (unpaired) electrons. The molecule has 1 aliphatic rings. The Morgan fingerprint density at radius 2 is 2.06 bits per heavy atom. The molecule has 0 aromatic rings. The van der Waals surface area contributed by atoms with Crippen LogP contribution < -0.4 is 0 Å². The fraction of sp³-hybridized carbons (Fsp3) is 1.00. The van der Waals surface area contributed by atoms with E-state index in [9.17, 15) is 10.2 Å². The van der Waals surface area contributed by atoms with Gasteiger partial charge >= 0.3 is 0 Å². The quantitative estimate of drug-likeness (QED) is 0.439. The Labute approximate surface area is 94.4 Å². The van der Waals surface area contributed by atoms with E-state index in [4.69, 9.17) is 19.7 Å². The van der Waals surface area contributed by atoms with E-state index in [0.29, 0.717) is 12.8 Å². The summed E-state index contributed by atoms with van der Waals surface area (Å²) in [6, 6.07) is 0. The lowest BCUT2D eigenvalue weighted by atomic mass is 10.2. The van der Waals surface area contributed by atoms with Crippen molar-refractivity contribution in [3.05, 3.63) is 0 Å². The topological polar surface area (TPSA) is 99.4 Å². The molecular formula is C10H20O6. The molecule has 0 aliphatic carbocycles. The van der Waals surface area contributed by atoms with Gasteiger partial charge in [-0.15, -0.1) is 0 Å². The lowest BCUT2D eigenvalue weighted by molar-refractivity contribution is -0.226. The summed E-state index contributed by atoms with van der Waals surface area (Å²) in [4.78, 5) is 0. The highest BCUT2D eigenvalue weighted by molar-refractivity contribution is 4.77. The van der Waals surface area contributed by atoms with Crippen molar-refractivity contribution in [1.82, 2.24) is 0 Å². The second-order valence-electron chi connectivity index (χ2n) is 4.11. The predicted molar refractivity (Wildman–Crippen MR) is 54.4 cm³/mol. The van der Waals surface area contributed by atoms with Gasteiger partial charge in [-0.05, 0) is 13.3 Å². The molecule has 6 heteroatoms. The van der Waals surface area contributed by atoms with Crippen LogP contribution in [0.15, 0.2) is 0 Å². The summed E-state index contributed by atoms with van der Waals surface area (Å²) < 4.78 is 10.3. The Kier molecular flexibility index (Phi) is 5.60. The molecule has 0 amide bonds. The van der Waals surface area contributed by atoms with Crippen LogP contribution in [0.3, 0.4) is 0 Å². The summed E-state index contributed by atoms with van der Waals surface area (Å²) in [6.07, 6.45) is -2.65. The third-order valence-corrected chi connectivity index (χ3v) is 2.51. The fourth-order valence-corrected chi connectivity index (χ4v) is 1.57. The van der Waals surface area contributed by atoms with Crippen LogP contribution >= 0.6 is 0 Å². The standard InChI is InChI=1S/C10H20O6/c1-6(12)2-3-9(14)16-10-4-7(13)8(5-11)15-10/h6-14H,2-5H2,1H3/t6-,7-,8-,9+,10+/m1/s1. The molecule has 0 saturated carbocycles. The Balaban J connectivity index is 2.22. The zero-order chi connectivity index (χ0) is 12.1. The van der Waals surface area contributed by atoms with Gasteiger partial charge in [-0.25, -0.2) is 0 Å². The smallest absolute Gasteiger partial charge is 0.163 e. The summed E-state index contributed by atoms with van der Waals surface area (Å²) in [6.45, 7) is 1.36. The average molecular weight is 236 g/mol. The lowest BCUT2D eigenvalue weighted by Gasteiger charge is -2.18. The van der Waals surface area contributed by atoms with Gasteiger partial charge in [0.15, 0.2) is 12.6 Å². The van der Waals surface area contributed by atoms with Gasteiger partial charge in [-0.1, -0.05) is 0 Å². The number of aliphatic hydroxyl groups is 4. The van der Waals surface area contributed by atoms with Gasteiger partial charge in [0.2, 0.25) is 0 Å². The Bertz CT molecular complexity index is 198. The van der Waals surface area contributed by atoms with E-state index in [2.05, 4.69) is 0 Å². The molecule has 1 heterocycles. The third-order valence-electron chi connectivity index (χ3n) is 2.51. The third kappa shape index (κ3) is 4.32. The van der Waals surface area contributed by atoms with Gasteiger partial charge in [0.1, 0.15) is 6.10 Å². The molecule has 96 valence electrons. The summed E-state index contributed by atoms with van der Waals surface area (Å²) in [5.74, 6) is 0. The first-order chi connectivity index (χ1) is 7.52. The van der Waals surface area contributed by atoms with Crippen molar-refractivity contribution < 1.29 is 29.9 Å². The number of ether oxygens (including phenoxy) is 2. The van der Waals surface area contributed by atoms with Crippen LogP contribution in [0.5, 0.6) is 0 Å². The first-order valence-electron chi connectivity index (χ1n) is 5.49. The largest absolute Gasteiger partial charge is 0.394 e. The first-order valence-corrected chi connectivity index (χ1v) is 5.49. The van der Waals surface area contributed by atoms with Crippen LogP contribution in [-0.4, -0.2) is 57.9 Å². The van der Waals surface area contributed by atoms with Gasteiger partial charge in [0.05, 0.1) is 18.8 Å². The molecule has 0 spiro atoms. The second-order valence-corrected chi connectivity index (χ2v) is 4.11. The molecule has 0 aromatic heterocycles. The van der Waals surface area contributed by atoms with Crippen LogP contribution in [-0.2, 0) is 9.47 Å². The predicted octanol–water partition coefficient (Wildman–Crippen LogP) is -1.05. The maximum atomic E-state index is 9.45. The van der Waals surface area contributed by atoms with Crippen LogP contribution in [0.2, 0.25) is 0 Å². The van der Waals surface area contributed by atoms with Gasteiger partial charge in [0.25, 0.3) is 0 Å². The normalized spacial score (nSPS) is 33.9. The molecule has 1 fully saturated rings. The number of aliphatic hydroxyl groups excluding tert-OH is 4. The molecule has 4 N–H and O–H groups in total. The highest BCUT2D eigenvalue weighted by Gasteiger charge is 2.35. The van der Waals surface area contributed by atoms with Crippen molar-refractivity contribution in [3.8, 4) is 0 Å². The van der Waals surface area contributed by atoms with E-state index < -0.39 is 30.9 Å². The van der Waals surface area contributed by atoms with Crippen LogP contribution in [0.1, 0.15) is 26.2 Å². The molecule has 16 heavy (non-hydrogen) atoms. The van der Waals surface area contributed by atoms with Gasteiger partial charge in [0, 0.05) is 12.8 Å². The monoisotopic (exact) mass is 236 g/mol. The highest BCUT2D eigenvalue weighted by atomic mass is 16.7. The maximum absolute atomic E-state index is 9.45. The van der Waals surface area contributed by atoms with E-state index in [0.717, 1.165) is 0 Å².